The first kappa shape index (κ1) is 18.1. The van der Waals surface area contributed by atoms with Gasteiger partial charge in [0.15, 0.2) is 0 Å². The number of benzene rings is 1. The van der Waals surface area contributed by atoms with Crippen LogP contribution in [-0.4, -0.2) is 32.0 Å². The first-order valence-electron chi connectivity index (χ1n) is 8.56. The van der Waals surface area contributed by atoms with E-state index < -0.39 is 11.8 Å². The summed E-state index contributed by atoms with van der Waals surface area (Å²) < 4.78 is 5.10. The molecule has 132 valence electrons. The molecule has 1 fully saturated rings. The van der Waals surface area contributed by atoms with Crippen LogP contribution in [0.5, 0.6) is 5.75 Å². The summed E-state index contributed by atoms with van der Waals surface area (Å²) in [7, 11) is 1.62. The van der Waals surface area contributed by atoms with Crippen molar-refractivity contribution in [3.05, 3.63) is 24.3 Å². The summed E-state index contributed by atoms with van der Waals surface area (Å²) in [5, 5.41) is 6.04. The van der Waals surface area contributed by atoms with Gasteiger partial charge in [0.2, 0.25) is 11.8 Å². The van der Waals surface area contributed by atoms with Gasteiger partial charge in [0, 0.05) is 18.8 Å². The average Bonchev–Trinajstić information content (AvgIpc) is 2.60. The molecule has 0 spiro atoms. The summed E-state index contributed by atoms with van der Waals surface area (Å²) in [6.07, 6.45) is 5.13. The van der Waals surface area contributed by atoms with Crippen molar-refractivity contribution in [2.45, 2.75) is 32.1 Å². The molecule has 1 aromatic carbocycles. The summed E-state index contributed by atoms with van der Waals surface area (Å²) in [6.45, 7) is 1.02. The Morgan fingerprint density at radius 3 is 2.42 bits per heavy atom. The van der Waals surface area contributed by atoms with E-state index in [2.05, 4.69) is 10.6 Å². The third-order valence-corrected chi connectivity index (χ3v) is 4.55. The highest BCUT2D eigenvalue weighted by Crippen LogP contribution is 2.30. The predicted octanol–water partition coefficient (Wildman–Crippen LogP) is 1.91. The molecule has 2 amide bonds. The molecule has 0 radical (unpaired) electrons. The van der Waals surface area contributed by atoms with Crippen molar-refractivity contribution in [2.75, 3.05) is 25.5 Å². The molecule has 0 saturated heterocycles. The first-order valence-corrected chi connectivity index (χ1v) is 8.56. The Hall–Kier alpha value is -2.24. The van der Waals surface area contributed by atoms with Crippen LogP contribution in [0.3, 0.4) is 0 Å². The molecule has 24 heavy (non-hydrogen) atoms. The molecular weight excluding hydrogens is 306 g/mol. The van der Waals surface area contributed by atoms with Crippen molar-refractivity contribution in [1.29, 1.82) is 0 Å². The van der Waals surface area contributed by atoms with Gasteiger partial charge in [-0.25, -0.2) is 0 Å². The Kier molecular flexibility index (Phi) is 6.90. The van der Waals surface area contributed by atoms with E-state index in [-0.39, 0.29) is 11.8 Å². The van der Waals surface area contributed by atoms with Crippen molar-refractivity contribution in [3.8, 4) is 5.75 Å². The van der Waals surface area contributed by atoms with Crippen LogP contribution in [0.25, 0.3) is 0 Å². The highest BCUT2D eigenvalue weighted by atomic mass is 16.5. The van der Waals surface area contributed by atoms with Crippen molar-refractivity contribution in [1.82, 2.24) is 5.32 Å². The third-order valence-electron chi connectivity index (χ3n) is 4.55. The molecular formula is C18H27N3O3. The summed E-state index contributed by atoms with van der Waals surface area (Å²) in [5.41, 5.74) is 6.41. The number of anilines is 1. The number of hydrogen-bond donors (Lipinski definition) is 3. The average molecular weight is 333 g/mol. The van der Waals surface area contributed by atoms with E-state index in [1.807, 2.05) is 24.3 Å². The molecule has 1 aliphatic rings. The van der Waals surface area contributed by atoms with Crippen LogP contribution in [-0.2, 0) is 9.59 Å². The first-order chi connectivity index (χ1) is 11.6. The lowest BCUT2D eigenvalue weighted by atomic mass is 9.79. The van der Waals surface area contributed by atoms with Crippen molar-refractivity contribution < 1.29 is 14.3 Å². The number of primary amides is 1. The van der Waals surface area contributed by atoms with E-state index in [1.54, 1.807) is 7.11 Å². The molecule has 1 atom stereocenters. The highest BCUT2D eigenvalue weighted by molar-refractivity contribution is 5.99. The monoisotopic (exact) mass is 333 g/mol. The number of nitrogens with two attached hydrogens (primary N) is 1. The van der Waals surface area contributed by atoms with Crippen LogP contribution in [0.1, 0.15) is 32.1 Å². The van der Waals surface area contributed by atoms with Gasteiger partial charge < -0.3 is 21.1 Å². The Labute approximate surface area is 143 Å². The fraction of sp³-hybridized carbons (Fsp3) is 0.556. The zero-order valence-corrected chi connectivity index (χ0v) is 14.2. The zero-order chi connectivity index (χ0) is 17.4. The summed E-state index contributed by atoms with van der Waals surface area (Å²) >= 11 is 0. The quantitative estimate of drug-likeness (QED) is 0.500. The molecule has 1 saturated carbocycles. The molecule has 0 aliphatic heterocycles. The number of hydrogen-bond acceptors (Lipinski definition) is 4. The van der Waals surface area contributed by atoms with E-state index in [0.717, 1.165) is 37.1 Å². The van der Waals surface area contributed by atoms with Crippen LogP contribution in [0, 0.1) is 11.8 Å². The minimum Gasteiger partial charge on any atom is -0.497 e. The van der Waals surface area contributed by atoms with Crippen LogP contribution in [0.2, 0.25) is 0 Å². The van der Waals surface area contributed by atoms with Crippen LogP contribution < -0.4 is 21.1 Å². The number of nitrogens with one attached hydrogen (secondary N) is 2. The van der Waals surface area contributed by atoms with E-state index in [9.17, 15) is 9.59 Å². The van der Waals surface area contributed by atoms with Crippen molar-refractivity contribution >= 4 is 17.5 Å². The molecule has 2 rings (SSSR count). The Balaban J connectivity index is 1.76. The molecule has 1 unspecified atom stereocenters. The standard InChI is InChI=1S/C18H27N3O3/c1-24-15-9-7-14(8-10-15)20-11-12-21-18(23)16(17(19)22)13-5-3-2-4-6-13/h7-10,13,16,20H,2-6,11-12H2,1H3,(H2,19,22)(H,21,23). The summed E-state index contributed by atoms with van der Waals surface area (Å²) in [6, 6.07) is 7.56. The maximum atomic E-state index is 12.3. The van der Waals surface area contributed by atoms with Gasteiger partial charge in [-0.15, -0.1) is 0 Å². The molecule has 6 nitrogen and oxygen atoms in total. The molecule has 0 bridgehead atoms. The molecule has 4 N–H and O–H groups in total. The van der Waals surface area contributed by atoms with Gasteiger partial charge in [0.25, 0.3) is 0 Å². The highest BCUT2D eigenvalue weighted by Gasteiger charge is 2.33. The number of ether oxygens (including phenoxy) is 1. The number of carbonyl (C=O) groups excluding carboxylic acids is 2. The second kappa shape index (κ2) is 9.15. The van der Waals surface area contributed by atoms with Gasteiger partial charge in [0.1, 0.15) is 11.7 Å². The fourth-order valence-electron chi connectivity index (χ4n) is 3.25. The SMILES string of the molecule is COc1ccc(NCCNC(=O)C(C(N)=O)C2CCCCC2)cc1. The number of amides is 2. The van der Waals surface area contributed by atoms with Gasteiger partial charge in [0.05, 0.1) is 7.11 Å². The van der Waals surface area contributed by atoms with Crippen LogP contribution >= 0.6 is 0 Å². The summed E-state index contributed by atoms with van der Waals surface area (Å²) in [4.78, 5) is 24.0. The van der Waals surface area contributed by atoms with Gasteiger partial charge >= 0.3 is 0 Å². The van der Waals surface area contributed by atoms with E-state index >= 15 is 0 Å². The summed E-state index contributed by atoms with van der Waals surface area (Å²) in [5.74, 6) is -0.573. The maximum absolute atomic E-state index is 12.3. The van der Waals surface area contributed by atoms with Gasteiger partial charge in [-0.3, -0.25) is 9.59 Å². The van der Waals surface area contributed by atoms with Crippen LogP contribution in [0.15, 0.2) is 24.3 Å². The largest absolute Gasteiger partial charge is 0.497 e. The topological polar surface area (TPSA) is 93.4 Å². The Bertz CT molecular complexity index is 539. The van der Waals surface area contributed by atoms with E-state index in [4.69, 9.17) is 10.5 Å². The maximum Gasteiger partial charge on any atom is 0.232 e. The second-order valence-electron chi connectivity index (χ2n) is 6.22. The Morgan fingerprint density at radius 2 is 1.83 bits per heavy atom. The Morgan fingerprint density at radius 1 is 1.17 bits per heavy atom. The van der Waals surface area contributed by atoms with Gasteiger partial charge in [-0.1, -0.05) is 19.3 Å². The third kappa shape index (κ3) is 5.15. The normalized spacial score (nSPS) is 16.2. The van der Waals surface area contributed by atoms with Crippen molar-refractivity contribution in [3.63, 3.8) is 0 Å². The molecule has 6 heteroatoms. The number of rotatable bonds is 8. The minimum atomic E-state index is -0.703. The van der Waals surface area contributed by atoms with E-state index in [0.29, 0.717) is 13.1 Å². The smallest absolute Gasteiger partial charge is 0.232 e. The van der Waals surface area contributed by atoms with Gasteiger partial charge in [-0.05, 0) is 43.0 Å². The van der Waals surface area contributed by atoms with E-state index in [1.165, 1.54) is 6.42 Å². The molecule has 0 aromatic heterocycles. The molecule has 1 aromatic rings. The molecule has 0 heterocycles. The fourth-order valence-corrected chi connectivity index (χ4v) is 3.25. The zero-order valence-electron chi connectivity index (χ0n) is 14.2. The lowest BCUT2D eigenvalue weighted by Crippen LogP contribution is -2.44. The lowest BCUT2D eigenvalue weighted by Gasteiger charge is -2.27. The second-order valence-corrected chi connectivity index (χ2v) is 6.22. The molecule has 1 aliphatic carbocycles. The number of carbonyl (C=O) groups is 2. The predicted molar refractivity (Wildman–Crippen MR) is 93.8 cm³/mol. The van der Waals surface area contributed by atoms with Gasteiger partial charge in [-0.2, -0.15) is 0 Å². The lowest BCUT2D eigenvalue weighted by molar-refractivity contribution is -0.136. The van der Waals surface area contributed by atoms with Crippen LogP contribution in [0.4, 0.5) is 5.69 Å². The van der Waals surface area contributed by atoms with Crippen molar-refractivity contribution in [2.24, 2.45) is 17.6 Å². The minimum absolute atomic E-state index is 0.0887. The number of methoxy groups -OCH3 is 1.